The normalized spacial score (nSPS) is 26.9. The van der Waals surface area contributed by atoms with Gasteiger partial charge < -0.3 is 19.7 Å². The first-order valence-corrected chi connectivity index (χ1v) is 13.4. The predicted molar refractivity (Wildman–Crippen MR) is 135 cm³/mol. The molecule has 0 radical (unpaired) electrons. The molecule has 4 aliphatic rings. The molecule has 12 heteroatoms. The molecule has 0 bridgehead atoms. The van der Waals surface area contributed by atoms with Crippen LogP contribution in [0.3, 0.4) is 0 Å². The van der Waals surface area contributed by atoms with E-state index < -0.39 is 5.82 Å². The van der Waals surface area contributed by atoms with Crippen molar-refractivity contribution in [2.45, 2.75) is 49.7 Å². The monoisotopic (exact) mass is 527 g/mol. The van der Waals surface area contributed by atoms with Crippen LogP contribution in [0.5, 0.6) is 5.88 Å². The van der Waals surface area contributed by atoms with E-state index in [4.69, 9.17) is 9.47 Å². The van der Waals surface area contributed by atoms with Crippen molar-refractivity contribution in [1.82, 2.24) is 35.6 Å². The molecule has 204 valence electrons. The largest absolute Gasteiger partial charge is 0.481 e. The Bertz CT molecular complexity index is 1200. The van der Waals surface area contributed by atoms with Crippen LogP contribution in [-0.4, -0.2) is 101 Å². The van der Waals surface area contributed by atoms with Gasteiger partial charge in [0.1, 0.15) is 5.69 Å². The SMILES string of the molecule is COc1cc(-c2cc(C(=O)N3CC[C@H](C(=O)N[C@@H]4CCN([C@@H]5CNCOC5)C4)CC34CC4)[nH]n2)c(F)cn1. The maximum Gasteiger partial charge on any atom is 0.272 e. The minimum Gasteiger partial charge on any atom is -0.481 e. The van der Waals surface area contributed by atoms with Gasteiger partial charge in [-0.15, -0.1) is 0 Å². The number of amides is 2. The number of aromatic nitrogens is 3. The van der Waals surface area contributed by atoms with E-state index in [1.807, 2.05) is 4.90 Å². The molecule has 0 aromatic carbocycles. The van der Waals surface area contributed by atoms with E-state index in [9.17, 15) is 14.0 Å². The summed E-state index contributed by atoms with van der Waals surface area (Å²) in [6.07, 6.45) is 5.06. The second-order valence-electron chi connectivity index (χ2n) is 10.9. The minimum atomic E-state index is -0.545. The van der Waals surface area contributed by atoms with E-state index in [0.717, 1.165) is 51.7 Å². The van der Waals surface area contributed by atoms with Gasteiger partial charge >= 0.3 is 0 Å². The van der Waals surface area contributed by atoms with E-state index in [1.165, 1.54) is 13.2 Å². The van der Waals surface area contributed by atoms with Gasteiger partial charge in [0, 0.05) is 61.3 Å². The highest BCUT2D eigenvalue weighted by molar-refractivity contribution is 5.94. The molecule has 6 rings (SSSR count). The maximum absolute atomic E-state index is 14.4. The van der Waals surface area contributed by atoms with E-state index in [0.29, 0.717) is 43.5 Å². The number of pyridine rings is 1. The van der Waals surface area contributed by atoms with Crippen LogP contribution in [0.4, 0.5) is 4.39 Å². The highest BCUT2D eigenvalue weighted by Gasteiger charge is 2.54. The molecule has 3 atom stereocenters. The van der Waals surface area contributed by atoms with Crippen LogP contribution in [-0.2, 0) is 9.53 Å². The summed E-state index contributed by atoms with van der Waals surface area (Å²) in [5, 5.41) is 13.5. The summed E-state index contributed by atoms with van der Waals surface area (Å²) in [5.74, 6) is -0.461. The summed E-state index contributed by atoms with van der Waals surface area (Å²) in [7, 11) is 1.45. The van der Waals surface area contributed by atoms with Crippen LogP contribution in [0.15, 0.2) is 18.3 Å². The van der Waals surface area contributed by atoms with Crippen molar-refractivity contribution in [3.63, 3.8) is 0 Å². The minimum absolute atomic E-state index is 0.0965. The number of hydrogen-bond acceptors (Lipinski definition) is 8. The second-order valence-corrected chi connectivity index (χ2v) is 10.9. The average Bonchev–Trinajstić information content (AvgIpc) is 3.31. The van der Waals surface area contributed by atoms with Crippen LogP contribution in [0.25, 0.3) is 11.3 Å². The number of carbonyl (C=O) groups is 2. The van der Waals surface area contributed by atoms with Gasteiger partial charge in [-0.1, -0.05) is 0 Å². The molecule has 11 nitrogen and oxygen atoms in total. The van der Waals surface area contributed by atoms with Gasteiger partial charge in [-0.05, 0) is 38.2 Å². The molecule has 1 spiro atoms. The first-order valence-electron chi connectivity index (χ1n) is 13.4. The number of carbonyl (C=O) groups excluding carboxylic acids is 2. The number of H-pyrrole nitrogens is 1. The molecule has 0 unspecified atom stereocenters. The number of rotatable bonds is 6. The van der Waals surface area contributed by atoms with E-state index in [-0.39, 0.29) is 40.8 Å². The highest BCUT2D eigenvalue weighted by atomic mass is 19.1. The number of nitrogens with one attached hydrogen (secondary N) is 3. The Labute approximate surface area is 220 Å². The third-order valence-corrected chi connectivity index (χ3v) is 8.44. The molecule has 2 amide bonds. The fourth-order valence-corrected chi connectivity index (χ4v) is 6.14. The molecule has 1 saturated carbocycles. The third-order valence-electron chi connectivity index (χ3n) is 8.44. The van der Waals surface area contributed by atoms with Gasteiger partial charge in [0.05, 0.1) is 32.3 Å². The molecule has 2 aromatic heterocycles. The lowest BCUT2D eigenvalue weighted by Gasteiger charge is -2.39. The number of aromatic amines is 1. The summed E-state index contributed by atoms with van der Waals surface area (Å²) in [6.45, 7) is 4.55. The summed E-state index contributed by atoms with van der Waals surface area (Å²) >= 11 is 0. The van der Waals surface area contributed by atoms with Crippen LogP contribution >= 0.6 is 0 Å². The standard InChI is InChI=1S/C26H34FN7O4/c1-37-23-8-19(20(27)12-29-23)21-9-22(32-31-21)25(36)34-7-2-16(10-26(34)4-5-26)24(35)30-17-3-6-33(13-17)18-11-28-15-38-14-18/h8-9,12,16-18,28H,2-7,10-11,13-15H2,1H3,(H,30,35)(H,31,32)/t16-,17+,18+/m0/s1. The predicted octanol–water partition coefficient (Wildman–Crippen LogP) is 1.14. The lowest BCUT2D eigenvalue weighted by Crippen LogP contribution is -2.52. The lowest BCUT2D eigenvalue weighted by atomic mass is 9.87. The molecule has 5 heterocycles. The summed E-state index contributed by atoms with van der Waals surface area (Å²) in [5.41, 5.74) is 0.533. The van der Waals surface area contributed by atoms with Crippen molar-refractivity contribution in [2.24, 2.45) is 5.92 Å². The Hall–Kier alpha value is -3.09. The topological polar surface area (TPSA) is 125 Å². The van der Waals surface area contributed by atoms with E-state index >= 15 is 0 Å². The lowest BCUT2D eigenvalue weighted by molar-refractivity contribution is -0.127. The van der Waals surface area contributed by atoms with E-state index in [2.05, 4.69) is 30.7 Å². The second kappa shape index (κ2) is 10.2. The van der Waals surface area contributed by atoms with Crippen molar-refractivity contribution in [1.29, 1.82) is 0 Å². The van der Waals surface area contributed by atoms with Crippen LogP contribution in [0.1, 0.15) is 42.6 Å². The number of methoxy groups -OCH3 is 1. The van der Waals surface area contributed by atoms with Gasteiger partial charge in [-0.25, -0.2) is 9.37 Å². The number of hydrogen-bond donors (Lipinski definition) is 3. The summed E-state index contributed by atoms with van der Waals surface area (Å²) < 4.78 is 25.0. The number of ether oxygens (including phenoxy) is 2. The van der Waals surface area contributed by atoms with Gasteiger partial charge in [-0.2, -0.15) is 5.10 Å². The number of likely N-dealkylation sites (tertiary alicyclic amines) is 2. The molecule has 4 fully saturated rings. The van der Waals surface area contributed by atoms with Crippen molar-refractivity contribution >= 4 is 11.8 Å². The zero-order valence-electron chi connectivity index (χ0n) is 21.5. The van der Waals surface area contributed by atoms with Crippen molar-refractivity contribution in [3.05, 3.63) is 29.8 Å². The Morgan fingerprint density at radius 1 is 1.26 bits per heavy atom. The Morgan fingerprint density at radius 2 is 2.13 bits per heavy atom. The molecular weight excluding hydrogens is 493 g/mol. The summed E-state index contributed by atoms with van der Waals surface area (Å²) in [4.78, 5) is 34.8. The quantitative estimate of drug-likeness (QED) is 0.511. The van der Waals surface area contributed by atoms with Gasteiger partial charge in [0.25, 0.3) is 5.91 Å². The molecule has 3 N–H and O–H groups in total. The Morgan fingerprint density at radius 3 is 2.89 bits per heavy atom. The fraction of sp³-hybridized carbons (Fsp3) is 0.615. The molecule has 3 aliphatic heterocycles. The Kier molecular flexibility index (Phi) is 6.79. The highest BCUT2D eigenvalue weighted by Crippen LogP contribution is 2.50. The maximum atomic E-state index is 14.4. The zero-order chi connectivity index (χ0) is 26.3. The molecule has 38 heavy (non-hydrogen) atoms. The van der Waals surface area contributed by atoms with Gasteiger partial charge in [-0.3, -0.25) is 24.9 Å². The smallest absolute Gasteiger partial charge is 0.272 e. The first-order chi connectivity index (χ1) is 18.5. The Balaban J connectivity index is 1.07. The fourth-order valence-electron chi connectivity index (χ4n) is 6.14. The number of piperidine rings is 1. The van der Waals surface area contributed by atoms with Crippen molar-refractivity contribution in [3.8, 4) is 17.1 Å². The third kappa shape index (κ3) is 4.87. The first kappa shape index (κ1) is 25.2. The molecule has 2 aromatic rings. The average molecular weight is 528 g/mol. The van der Waals surface area contributed by atoms with Crippen molar-refractivity contribution < 1.29 is 23.5 Å². The number of halogens is 1. The molecular formula is C26H34FN7O4. The number of nitrogens with zero attached hydrogens (tertiary/aromatic N) is 4. The summed E-state index contributed by atoms with van der Waals surface area (Å²) in [6, 6.07) is 3.52. The van der Waals surface area contributed by atoms with Crippen LogP contribution in [0.2, 0.25) is 0 Å². The molecule has 3 saturated heterocycles. The van der Waals surface area contributed by atoms with Gasteiger partial charge in [0.15, 0.2) is 5.82 Å². The zero-order valence-corrected chi connectivity index (χ0v) is 21.5. The van der Waals surface area contributed by atoms with E-state index in [1.54, 1.807) is 6.07 Å². The van der Waals surface area contributed by atoms with Crippen LogP contribution in [0, 0.1) is 11.7 Å². The molecule has 1 aliphatic carbocycles. The van der Waals surface area contributed by atoms with Gasteiger partial charge in [0.2, 0.25) is 11.8 Å². The van der Waals surface area contributed by atoms with Crippen molar-refractivity contribution in [2.75, 3.05) is 46.6 Å². The van der Waals surface area contributed by atoms with Crippen LogP contribution < -0.4 is 15.4 Å².